The molecule has 1 aliphatic rings. The van der Waals surface area contributed by atoms with E-state index in [1.807, 2.05) is 0 Å². The molecule has 0 bridgehead atoms. The smallest absolute Gasteiger partial charge is 0.129 e. The summed E-state index contributed by atoms with van der Waals surface area (Å²) in [6, 6.07) is 6.29. The van der Waals surface area contributed by atoms with Crippen LogP contribution < -0.4 is 10.1 Å². The maximum Gasteiger partial charge on any atom is 0.129 e. The third-order valence-corrected chi connectivity index (χ3v) is 3.56. The Kier molecular flexibility index (Phi) is 3.69. The summed E-state index contributed by atoms with van der Waals surface area (Å²) in [7, 11) is 3.44. The number of methoxy groups -OCH3 is 2. The Bertz CT molecular complexity index is 384. The van der Waals surface area contributed by atoms with Crippen molar-refractivity contribution in [2.75, 3.05) is 20.8 Å². The van der Waals surface area contributed by atoms with Gasteiger partial charge in [-0.25, -0.2) is 0 Å². The van der Waals surface area contributed by atoms with Crippen molar-refractivity contribution in [1.82, 2.24) is 5.32 Å². The zero-order valence-electron chi connectivity index (χ0n) is 10.9. The second kappa shape index (κ2) is 5.07. The lowest BCUT2D eigenvalue weighted by Crippen LogP contribution is -2.33. The molecule has 0 saturated carbocycles. The molecule has 1 aromatic carbocycles. The van der Waals surface area contributed by atoms with Crippen LogP contribution in [0.5, 0.6) is 5.75 Å². The molecule has 1 N–H and O–H groups in total. The maximum atomic E-state index is 5.59. The first kappa shape index (κ1) is 12.4. The average Bonchev–Trinajstić information content (AvgIpc) is 2.77. The highest BCUT2D eigenvalue weighted by Crippen LogP contribution is 2.38. The van der Waals surface area contributed by atoms with Crippen LogP contribution in [0.3, 0.4) is 0 Å². The third kappa shape index (κ3) is 2.31. The zero-order chi connectivity index (χ0) is 12.3. The molecule has 0 aliphatic carbocycles. The van der Waals surface area contributed by atoms with Gasteiger partial charge in [0.1, 0.15) is 5.75 Å². The van der Waals surface area contributed by atoms with Crippen molar-refractivity contribution < 1.29 is 9.47 Å². The molecular weight excluding hydrogens is 214 g/mol. The molecule has 1 aromatic rings. The van der Waals surface area contributed by atoms with Gasteiger partial charge in [-0.15, -0.1) is 0 Å². The lowest BCUT2D eigenvalue weighted by Gasteiger charge is -2.28. The van der Waals surface area contributed by atoms with Crippen LogP contribution in [0, 0.1) is 0 Å². The van der Waals surface area contributed by atoms with Crippen molar-refractivity contribution >= 4 is 0 Å². The second-order valence-corrected chi connectivity index (χ2v) is 4.79. The van der Waals surface area contributed by atoms with Gasteiger partial charge in [0.2, 0.25) is 0 Å². The van der Waals surface area contributed by atoms with Gasteiger partial charge < -0.3 is 14.8 Å². The van der Waals surface area contributed by atoms with E-state index in [0.717, 1.165) is 24.3 Å². The van der Waals surface area contributed by atoms with E-state index in [0.29, 0.717) is 6.61 Å². The summed E-state index contributed by atoms with van der Waals surface area (Å²) in [6.07, 6.45) is 2.37. The molecule has 1 heterocycles. The molecule has 2 rings (SSSR count). The predicted octanol–water partition coefficient (Wildman–Crippen LogP) is 2.44. The van der Waals surface area contributed by atoms with Crippen LogP contribution in [0.1, 0.15) is 30.9 Å². The molecule has 1 unspecified atom stereocenters. The predicted molar refractivity (Wildman–Crippen MR) is 68.3 cm³/mol. The molecule has 3 nitrogen and oxygen atoms in total. The number of benzene rings is 1. The molecule has 1 atom stereocenters. The summed E-state index contributed by atoms with van der Waals surface area (Å²) in [5, 5.41) is 3.57. The van der Waals surface area contributed by atoms with Gasteiger partial charge in [-0.05, 0) is 26.3 Å². The van der Waals surface area contributed by atoms with Crippen molar-refractivity contribution in [3.63, 3.8) is 0 Å². The van der Waals surface area contributed by atoms with Crippen molar-refractivity contribution in [3.05, 3.63) is 29.3 Å². The normalized spacial score (nSPS) is 23.9. The number of hydrogen-bond acceptors (Lipinski definition) is 3. The van der Waals surface area contributed by atoms with Crippen molar-refractivity contribution in [3.8, 4) is 5.75 Å². The van der Waals surface area contributed by atoms with Gasteiger partial charge in [-0.1, -0.05) is 18.2 Å². The van der Waals surface area contributed by atoms with E-state index in [1.165, 1.54) is 12.0 Å². The molecular formula is C14H21NO2. The fourth-order valence-electron chi connectivity index (χ4n) is 2.65. The Balaban J connectivity index is 2.42. The number of para-hydroxylation sites is 1. The molecule has 0 radical (unpaired) electrons. The van der Waals surface area contributed by atoms with Crippen LogP contribution in [0.4, 0.5) is 0 Å². The summed E-state index contributed by atoms with van der Waals surface area (Å²) in [5.74, 6) is 0.964. The molecule has 94 valence electrons. The number of rotatable bonds is 4. The van der Waals surface area contributed by atoms with E-state index in [-0.39, 0.29) is 5.54 Å². The molecule has 0 spiro atoms. The molecule has 0 aromatic heterocycles. The Morgan fingerprint density at radius 2 is 2.18 bits per heavy atom. The molecule has 1 saturated heterocycles. The van der Waals surface area contributed by atoms with Gasteiger partial charge in [0.15, 0.2) is 0 Å². The molecule has 17 heavy (non-hydrogen) atoms. The molecule has 1 fully saturated rings. The van der Waals surface area contributed by atoms with E-state index in [1.54, 1.807) is 14.2 Å². The summed E-state index contributed by atoms with van der Waals surface area (Å²) >= 11 is 0. The molecule has 1 aliphatic heterocycles. The van der Waals surface area contributed by atoms with Gasteiger partial charge in [0.25, 0.3) is 0 Å². The highest BCUT2D eigenvalue weighted by Gasteiger charge is 2.33. The van der Waals surface area contributed by atoms with E-state index >= 15 is 0 Å². The first-order chi connectivity index (χ1) is 8.21. The van der Waals surface area contributed by atoms with E-state index in [9.17, 15) is 0 Å². The minimum Gasteiger partial charge on any atom is -0.496 e. The van der Waals surface area contributed by atoms with Crippen molar-refractivity contribution in [1.29, 1.82) is 0 Å². The number of hydrogen-bond donors (Lipinski definition) is 1. The second-order valence-electron chi connectivity index (χ2n) is 4.79. The number of nitrogens with one attached hydrogen (secondary N) is 1. The van der Waals surface area contributed by atoms with Crippen LogP contribution >= 0.6 is 0 Å². The highest BCUT2D eigenvalue weighted by molar-refractivity contribution is 5.45. The topological polar surface area (TPSA) is 30.5 Å². The lowest BCUT2D eigenvalue weighted by atomic mass is 9.88. The average molecular weight is 235 g/mol. The van der Waals surface area contributed by atoms with Crippen molar-refractivity contribution in [2.45, 2.75) is 31.9 Å². The van der Waals surface area contributed by atoms with Gasteiger partial charge in [0, 0.05) is 23.8 Å². The lowest BCUT2D eigenvalue weighted by molar-refractivity contribution is 0.181. The Morgan fingerprint density at radius 3 is 2.76 bits per heavy atom. The zero-order valence-corrected chi connectivity index (χ0v) is 10.9. The standard InChI is InChI=1S/C14H21NO2/c1-14(8-5-9-15-14)12-7-4-6-11(10-16-2)13(12)17-3/h4,6-7,15H,5,8-10H2,1-3H3. The Hall–Kier alpha value is -1.06. The van der Waals surface area contributed by atoms with Crippen LogP contribution in [0.2, 0.25) is 0 Å². The Morgan fingerprint density at radius 1 is 1.35 bits per heavy atom. The van der Waals surface area contributed by atoms with E-state index < -0.39 is 0 Å². The first-order valence-electron chi connectivity index (χ1n) is 6.11. The third-order valence-electron chi connectivity index (χ3n) is 3.56. The van der Waals surface area contributed by atoms with Gasteiger partial charge in [0.05, 0.1) is 13.7 Å². The first-order valence-corrected chi connectivity index (χ1v) is 6.11. The maximum absolute atomic E-state index is 5.59. The van der Waals surface area contributed by atoms with E-state index in [4.69, 9.17) is 9.47 Å². The minimum absolute atomic E-state index is 0.0368. The van der Waals surface area contributed by atoms with Crippen LogP contribution in [0.25, 0.3) is 0 Å². The molecule has 3 heteroatoms. The fraction of sp³-hybridized carbons (Fsp3) is 0.571. The SMILES string of the molecule is COCc1cccc(C2(C)CCCN2)c1OC. The summed E-state index contributed by atoms with van der Waals surface area (Å²) in [5.41, 5.74) is 2.39. The highest BCUT2D eigenvalue weighted by atomic mass is 16.5. The van der Waals surface area contributed by atoms with Crippen molar-refractivity contribution in [2.24, 2.45) is 0 Å². The summed E-state index contributed by atoms with van der Waals surface area (Å²) in [6.45, 7) is 3.91. The minimum atomic E-state index is 0.0368. The van der Waals surface area contributed by atoms with Crippen LogP contribution in [0.15, 0.2) is 18.2 Å². The molecule has 0 amide bonds. The fourth-order valence-corrected chi connectivity index (χ4v) is 2.65. The largest absolute Gasteiger partial charge is 0.496 e. The monoisotopic (exact) mass is 235 g/mol. The van der Waals surface area contributed by atoms with Gasteiger partial charge >= 0.3 is 0 Å². The number of ether oxygens (including phenoxy) is 2. The quantitative estimate of drug-likeness (QED) is 0.869. The van der Waals surface area contributed by atoms with E-state index in [2.05, 4.69) is 30.4 Å². The Labute approximate surface area is 103 Å². The summed E-state index contributed by atoms with van der Waals surface area (Å²) in [4.78, 5) is 0. The van der Waals surface area contributed by atoms with Crippen LogP contribution in [-0.2, 0) is 16.9 Å². The van der Waals surface area contributed by atoms with Gasteiger partial charge in [-0.3, -0.25) is 0 Å². The summed E-state index contributed by atoms with van der Waals surface area (Å²) < 4.78 is 10.8. The van der Waals surface area contributed by atoms with Gasteiger partial charge in [-0.2, -0.15) is 0 Å². The van der Waals surface area contributed by atoms with Crippen LogP contribution in [-0.4, -0.2) is 20.8 Å².